The van der Waals surface area contributed by atoms with Gasteiger partial charge in [0.25, 0.3) is 0 Å². The van der Waals surface area contributed by atoms with Gasteiger partial charge in [-0.2, -0.15) is 13.2 Å². The van der Waals surface area contributed by atoms with E-state index < -0.39 is 22.9 Å². The Kier molecular flexibility index (Phi) is 6.84. The number of halogens is 3. The minimum absolute atomic E-state index is 0.0847. The number of benzene rings is 1. The molecule has 0 bridgehead atoms. The van der Waals surface area contributed by atoms with E-state index in [1.165, 1.54) is 12.1 Å². The molecule has 2 aliphatic rings. The van der Waals surface area contributed by atoms with E-state index >= 15 is 0 Å². The Hall–Kier alpha value is -1.58. The van der Waals surface area contributed by atoms with Gasteiger partial charge in [-0.05, 0) is 88.6 Å². The lowest BCUT2D eigenvalue weighted by Gasteiger charge is -2.41. The van der Waals surface area contributed by atoms with E-state index in [1.54, 1.807) is 12.1 Å². The minimum Gasteiger partial charge on any atom is -0.346 e. The summed E-state index contributed by atoms with van der Waals surface area (Å²) in [6, 6.07) is 5.46. The standard InChI is InChI=1S/C21H28F3N3O2S/c1-14(15-5-4-10-25-11-15)27-13-26(19(18(29)12-28)20(27,2)3)16-6-8-17(9-7-16)30-21(22,23)24/h6-9,12,14-15,19,25H,4-5,10-11,13H2,1-3H3. The molecule has 30 heavy (non-hydrogen) atoms. The first-order valence-corrected chi connectivity index (χ1v) is 10.9. The zero-order valence-electron chi connectivity index (χ0n) is 17.4. The highest BCUT2D eigenvalue weighted by atomic mass is 32.2. The average Bonchev–Trinajstić information content (AvgIpc) is 2.98. The van der Waals surface area contributed by atoms with E-state index in [4.69, 9.17) is 0 Å². The van der Waals surface area contributed by atoms with Gasteiger partial charge in [-0.1, -0.05) is 0 Å². The van der Waals surface area contributed by atoms with Crippen LogP contribution < -0.4 is 10.2 Å². The third-order valence-corrected chi connectivity index (χ3v) is 7.06. The third kappa shape index (κ3) is 4.84. The number of aldehydes is 1. The van der Waals surface area contributed by atoms with E-state index in [1.807, 2.05) is 18.7 Å². The average molecular weight is 444 g/mol. The van der Waals surface area contributed by atoms with Crippen molar-refractivity contribution >= 4 is 29.5 Å². The largest absolute Gasteiger partial charge is 0.446 e. The zero-order valence-corrected chi connectivity index (χ0v) is 18.2. The molecular weight excluding hydrogens is 415 g/mol. The normalized spacial score (nSPS) is 25.9. The number of alkyl halides is 3. The fourth-order valence-electron chi connectivity index (χ4n) is 4.80. The van der Waals surface area contributed by atoms with E-state index in [0.717, 1.165) is 25.9 Å². The Labute approximate surface area is 179 Å². The first-order chi connectivity index (χ1) is 14.0. The lowest BCUT2D eigenvalue weighted by atomic mass is 9.86. The number of carbonyl (C=O) groups excluding carboxylic acids is 2. The summed E-state index contributed by atoms with van der Waals surface area (Å²) in [6.07, 6.45) is 2.54. The number of nitrogens with zero attached hydrogens (tertiary/aromatic N) is 2. The van der Waals surface area contributed by atoms with Crippen molar-refractivity contribution in [2.24, 2.45) is 5.92 Å². The third-order valence-electron chi connectivity index (χ3n) is 6.32. The van der Waals surface area contributed by atoms with E-state index in [0.29, 0.717) is 24.6 Å². The minimum atomic E-state index is -4.35. The quantitative estimate of drug-likeness (QED) is 0.411. The molecule has 166 valence electrons. The second kappa shape index (κ2) is 8.88. The summed E-state index contributed by atoms with van der Waals surface area (Å²) >= 11 is -0.171. The highest BCUT2D eigenvalue weighted by Gasteiger charge is 2.52. The van der Waals surface area contributed by atoms with Gasteiger partial charge in [0.05, 0.1) is 6.67 Å². The van der Waals surface area contributed by atoms with E-state index in [9.17, 15) is 22.8 Å². The Morgan fingerprint density at radius 2 is 1.97 bits per heavy atom. The number of rotatable bonds is 6. The van der Waals surface area contributed by atoms with Crippen LogP contribution in [0.25, 0.3) is 0 Å². The molecule has 0 aromatic heterocycles. The maximum Gasteiger partial charge on any atom is 0.446 e. The van der Waals surface area contributed by atoms with Crippen LogP contribution in [0.5, 0.6) is 0 Å². The van der Waals surface area contributed by atoms with Crippen molar-refractivity contribution in [2.75, 3.05) is 24.7 Å². The molecule has 3 atom stereocenters. The summed E-state index contributed by atoms with van der Waals surface area (Å²) in [5.41, 5.74) is -4.33. The number of Topliss-reactive ketones (excluding diaryl/α,β-unsaturated/α-hetero) is 1. The molecule has 3 rings (SSSR count). The summed E-state index contributed by atoms with van der Waals surface area (Å²) in [5.74, 6) is -0.0965. The van der Waals surface area contributed by atoms with Crippen LogP contribution in [0, 0.1) is 5.92 Å². The van der Waals surface area contributed by atoms with Crippen molar-refractivity contribution < 1.29 is 22.8 Å². The molecule has 2 aliphatic heterocycles. The van der Waals surface area contributed by atoms with Gasteiger partial charge in [0.2, 0.25) is 5.78 Å². The highest BCUT2D eigenvalue weighted by Crippen LogP contribution is 2.41. The van der Waals surface area contributed by atoms with Crippen molar-refractivity contribution in [2.45, 2.75) is 61.6 Å². The molecule has 1 N–H and O–H groups in total. The monoisotopic (exact) mass is 443 g/mol. The molecular formula is C21H28F3N3O2S. The van der Waals surface area contributed by atoms with Gasteiger partial charge in [0, 0.05) is 22.2 Å². The number of carbonyl (C=O) groups is 2. The lowest BCUT2D eigenvalue weighted by Crippen LogP contribution is -2.55. The van der Waals surface area contributed by atoms with Crippen molar-refractivity contribution in [3.63, 3.8) is 0 Å². The van der Waals surface area contributed by atoms with Crippen molar-refractivity contribution in [3.8, 4) is 0 Å². The zero-order chi connectivity index (χ0) is 22.1. The first kappa shape index (κ1) is 23.1. The van der Waals surface area contributed by atoms with Crippen molar-refractivity contribution in [1.29, 1.82) is 0 Å². The van der Waals surface area contributed by atoms with Gasteiger partial charge in [0.15, 0.2) is 6.29 Å². The number of ketones is 1. The van der Waals surface area contributed by atoms with Crippen LogP contribution in [-0.2, 0) is 9.59 Å². The predicted molar refractivity (Wildman–Crippen MR) is 112 cm³/mol. The fourth-order valence-corrected chi connectivity index (χ4v) is 5.34. The summed E-state index contributed by atoms with van der Waals surface area (Å²) in [6.45, 7) is 8.41. The molecule has 3 unspecified atom stereocenters. The van der Waals surface area contributed by atoms with E-state index in [2.05, 4.69) is 17.1 Å². The molecule has 0 saturated carbocycles. The highest BCUT2D eigenvalue weighted by molar-refractivity contribution is 8.00. The number of thioether (sulfide) groups is 1. The molecule has 5 nitrogen and oxygen atoms in total. The lowest BCUT2D eigenvalue weighted by molar-refractivity contribution is -0.132. The molecule has 0 aliphatic carbocycles. The summed E-state index contributed by atoms with van der Waals surface area (Å²) < 4.78 is 37.9. The smallest absolute Gasteiger partial charge is 0.346 e. The molecule has 2 heterocycles. The van der Waals surface area contributed by atoms with Crippen molar-refractivity contribution in [1.82, 2.24) is 10.2 Å². The van der Waals surface area contributed by atoms with Crippen LogP contribution in [0.1, 0.15) is 33.6 Å². The molecule has 0 amide bonds. The van der Waals surface area contributed by atoms with E-state index in [-0.39, 0.29) is 22.7 Å². The van der Waals surface area contributed by atoms with Crippen LogP contribution in [0.3, 0.4) is 0 Å². The van der Waals surface area contributed by atoms with Gasteiger partial charge in [-0.15, -0.1) is 0 Å². The number of anilines is 1. The predicted octanol–water partition coefficient (Wildman–Crippen LogP) is 3.68. The Morgan fingerprint density at radius 1 is 1.30 bits per heavy atom. The first-order valence-electron chi connectivity index (χ1n) is 10.1. The van der Waals surface area contributed by atoms with Gasteiger partial charge < -0.3 is 10.2 Å². The second-order valence-corrected chi connectivity index (χ2v) is 9.68. The number of hydrogen-bond donors (Lipinski definition) is 1. The van der Waals surface area contributed by atoms with Crippen LogP contribution >= 0.6 is 11.8 Å². The topological polar surface area (TPSA) is 52.6 Å². The van der Waals surface area contributed by atoms with Gasteiger partial charge >= 0.3 is 5.51 Å². The maximum atomic E-state index is 12.6. The van der Waals surface area contributed by atoms with Crippen molar-refractivity contribution in [3.05, 3.63) is 24.3 Å². The number of nitrogens with one attached hydrogen (secondary N) is 1. The summed E-state index contributed by atoms with van der Waals surface area (Å²) in [5, 5.41) is 3.42. The molecule has 9 heteroatoms. The summed E-state index contributed by atoms with van der Waals surface area (Å²) in [7, 11) is 0. The van der Waals surface area contributed by atoms with Crippen LogP contribution in [0.2, 0.25) is 0 Å². The molecule has 0 spiro atoms. The molecule has 1 aromatic rings. The second-order valence-electron chi connectivity index (χ2n) is 8.55. The van der Waals surface area contributed by atoms with Crippen LogP contribution in [0.4, 0.5) is 18.9 Å². The molecule has 2 saturated heterocycles. The van der Waals surface area contributed by atoms with Gasteiger partial charge in [-0.25, -0.2) is 0 Å². The maximum absolute atomic E-state index is 12.6. The van der Waals surface area contributed by atoms with Crippen LogP contribution in [0.15, 0.2) is 29.2 Å². The van der Waals surface area contributed by atoms with Gasteiger partial charge in [0.1, 0.15) is 6.04 Å². The SMILES string of the molecule is CC(C1CCCNC1)N1CN(c2ccc(SC(F)(F)F)cc2)C(C(=O)C=O)C1(C)C. The van der Waals surface area contributed by atoms with Gasteiger partial charge in [-0.3, -0.25) is 14.5 Å². The fraction of sp³-hybridized carbons (Fsp3) is 0.619. The Bertz CT molecular complexity index is 764. The Balaban J connectivity index is 1.88. The van der Waals surface area contributed by atoms with Crippen LogP contribution in [-0.4, -0.2) is 59.9 Å². The molecule has 1 aromatic carbocycles. The molecule has 0 radical (unpaired) electrons. The number of piperidine rings is 1. The Morgan fingerprint density at radius 3 is 2.50 bits per heavy atom. The molecule has 2 fully saturated rings. The summed E-state index contributed by atoms with van der Waals surface area (Å²) in [4.78, 5) is 28.2. The number of hydrogen-bond acceptors (Lipinski definition) is 6.